The van der Waals surface area contributed by atoms with Crippen LogP contribution >= 0.6 is 11.6 Å². The third-order valence-electron chi connectivity index (χ3n) is 3.37. The molecule has 0 atom stereocenters. The van der Waals surface area contributed by atoms with Gasteiger partial charge in [-0.1, -0.05) is 23.7 Å². The monoisotopic (exact) mass is 316 g/mol. The zero-order valence-electron chi connectivity index (χ0n) is 12.0. The molecule has 0 unspecified atom stereocenters. The van der Waals surface area contributed by atoms with E-state index >= 15 is 0 Å². The molecule has 112 valence electrons. The largest absolute Gasteiger partial charge is 0.478 e. The fourth-order valence-electron chi connectivity index (χ4n) is 2.45. The van der Waals surface area contributed by atoms with E-state index in [9.17, 15) is 4.79 Å². The van der Waals surface area contributed by atoms with Crippen LogP contribution in [0.1, 0.15) is 11.3 Å². The van der Waals surface area contributed by atoms with Gasteiger partial charge in [0.1, 0.15) is 0 Å². The number of aliphatic carboxylic acids is 1. The quantitative estimate of drug-likeness (QED) is 0.754. The summed E-state index contributed by atoms with van der Waals surface area (Å²) in [6, 6.07) is 7.57. The van der Waals surface area contributed by atoms with Gasteiger partial charge in [-0.3, -0.25) is 4.68 Å². The zero-order chi connectivity index (χ0) is 15.9. The molecule has 0 saturated heterocycles. The predicted molar refractivity (Wildman–Crippen MR) is 84.3 cm³/mol. The van der Waals surface area contributed by atoms with Crippen molar-refractivity contribution in [1.82, 2.24) is 19.6 Å². The summed E-state index contributed by atoms with van der Waals surface area (Å²) in [5.74, 6) is -0.351. The summed E-state index contributed by atoms with van der Waals surface area (Å²) in [5.41, 5.74) is 2.24. The van der Waals surface area contributed by atoms with Crippen molar-refractivity contribution >= 4 is 34.5 Å². The van der Waals surface area contributed by atoms with Gasteiger partial charge in [0.15, 0.2) is 11.0 Å². The number of carbonyl (C=O) groups is 1. The maximum Gasteiger partial charge on any atom is 0.328 e. The van der Waals surface area contributed by atoms with Gasteiger partial charge in [-0.15, -0.1) is 0 Å². The number of carboxylic acids is 1. The van der Waals surface area contributed by atoms with Gasteiger partial charge in [0.25, 0.3) is 0 Å². The minimum absolute atomic E-state index is 0.391. The van der Waals surface area contributed by atoms with E-state index in [4.69, 9.17) is 16.7 Å². The molecule has 0 bridgehead atoms. The van der Waals surface area contributed by atoms with Gasteiger partial charge in [-0.2, -0.15) is 10.2 Å². The molecule has 3 aromatic rings. The summed E-state index contributed by atoms with van der Waals surface area (Å²) in [5, 5.41) is 18.8. The van der Waals surface area contributed by atoms with Gasteiger partial charge in [0.2, 0.25) is 0 Å². The fourth-order valence-corrected chi connectivity index (χ4v) is 2.69. The van der Waals surface area contributed by atoms with Crippen LogP contribution in [-0.4, -0.2) is 30.6 Å². The maximum absolute atomic E-state index is 10.8. The minimum Gasteiger partial charge on any atom is -0.478 e. The number of aryl methyl sites for hydroxylation is 2. The zero-order valence-corrected chi connectivity index (χ0v) is 12.7. The molecule has 7 heteroatoms. The van der Waals surface area contributed by atoms with Gasteiger partial charge in [0.05, 0.1) is 11.2 Å². The number of para-hydroxylation sites is 1. The second kappa shape index (κ2) is 5.31. The first-order valence-corrected chi connectivity index (χ1v) is 6.95. The molecule has 0 fully saturated rings. The Labute approximate surface area is 131 Å². The Balaban J connectivity index is 2.29. The second-order valence-electron chi connectivity index (χ2n) is 4.84. The van der Waals surface area contributed by atoms with Crippen molar-refractivity contribution in [2.45, 2.75) is 6.92 Å². The van der Waals surface area contributed by atoms with E-state index in [1.54, 1.807) is 16.4 Å². The molecule has 2 aromatic heterocycles. The van der Waals surface area contributed by atoms with Crippen LogP contribution in [0.2, 0.25) is 5.15 Å². The molecule has 3 rings (SSSR count). The number of aromatic nitrogens is 4. The number of hydrogen-bond acceptors (Lipinski definition) is 3. The normalized spacial score (nSPS) is 11.6. The highest BCUT2D eigenvalue weighted by atomic mass is 35.5. The van der Waals surface area contributed by atoms with Gasteiger partial charge in [-0.05, 0) is 25.1 Å². The summed E-state index contributed by atoms with van der Waals surface area (Å²) in [6.07, 6.45) is 2.60. The van der Waals surface area contributed by atoms with Crippen molar-refractivity contribution in [2.24, 2.45) is 7.05 Å². The van der Waals surface area contributed by atoms with Crippen LogP contribution in [-0.2, 0) is 11.8 Å². The van der Waals surface area contributed by atoms with Crippen LogP contribution in [0.15, 0.2) is 30.3 Å². The Hall–Kier alpha value is -2.60. The first kappa shape index (κ1) is 14.3. The van der Waals surface area contributed by atoms with Crippen molar-refractivity contribution in [3.63, 3.8) is 0 Å². The lowest BCUT2D eigenvalue weighted by Crippen LogP contribution is -2.05. The van der Waals surface area contributed by atoms with Crippen LogP contribution in [0.3, 0.4) is 0 Å². The topological polar surface area (TPSA) is 72.9 Å². The Kier molecular flexibility index (Phi) is 3.46. The van der Waals surface area contributed by atoms with E-state index < -0.39 is 5.97 Å². The molecule has 0 spiro atoms. The summed E-state index contributed by atoms with van der Waals surface area (Å²) in [7, 11) is 1.78. The van der Waals surface area contributed by atoms with Crippen LogP contribution in [0.4, 0.5) is 0 Å². The van der Waals surface area contributed by atoms with Crippen molar-refractivity contribution in [3.05, 3.63) is 46.8 Å². The highest BCUT2D eigenvalue weighted by Gasteiger charge is 2.18. The Bertz CT molecular complexity index is 908. The summed E-state index contributed by atoms with van der Waals surface area (Å²) >= 11 is 6.19. The van der Waals surface area contributed by atoms with E-state index in [1.807, 2.05) is 31.2 Å². The maximum atomic E-state index is 10.8. The first-order chi connectivity index (χ1) is 10.5. The number of carboxylic acid groups (broad SMARTS) is 1. The highest BCUT2D eigenvalue weighted by molar-refractivity contribution is 6.34. The van der Waals surface area contributed by atoms with E-state index in [1.165, 1.54) is 6.08 Å². The van der Waals surface area contributed by atoms with Crippen molar-refractivity contribution in [3.8, 4) is 5.82 Å². The molecule has 0 amide bonds. The summed E-state index contributed by atoms with van der Waals surface area (Å²) in [4.78, 5) is 10.8. The van der Waals surface area contributed by atoms with Gasteiger partial charge < -0.3 is 5.11 Å². The lowest BCUT2D eigenvalue weighted by Gasteiger charge is -2.05. The number of benzene rings is 1. The van der Waals surface area contributed by atoms with Gasteiger partial charge in [0, 0.05) is 24.1 Å². The van der Waals surface area contributed by atoms with Crippen LogP contribution < -0.4 is 0 Å². The average molecular weight is 317 g/mol. The molecule has 0 saturated carbocycles. The molecular formula is C15H13ClN4O2. The molecular weight excluding hydrogens is 304 g/mol. The van der Waals surface area contributed by atoms with E-state index in [0.29, 0.717) is 22.2 Å². The Morgan fingerprint density at radius 2 is 2.05 bits per heavy atom. The summed E-state index contributed by atoms with van der Waals surface area (Å²) in [6.45, 7) is 1.82. The van der Waals surface area contributed by atoms with Gasteiger partial charge >= 0.3 is 5.97 Å². The molecule has 6 nitrogen and oxygen atoms in total. The van der Waals surface area contributed by atoms with Gasteiger partial charge in [-0.25, -0.2) is 9.48 Å². The number of halogens is 1. The smallest absolute Gasteiger partial charge is 0.328 e. The predicted octanol–water partition coefficient (Wildman–Crippen LogP) is 2.82. The summed E-state index contributed by atoms with van der Waals surface area (Å²) < 4.78 is 3.34. The molecule has 0 aliphatic carbocycles. The third-order valence-corrected chi connectivity index (χ3v) is 3.65. The van der Waals surface area contributed by atoms with Crippen LogP contribution in [0.5, 0.6) is 0 Å². The van der Waals surface area contributed by atoms with Crippen molar-refractivity contribution < 1.29 is 9.90 Å². The lowest BCUT2D eigenvalue weighted by atomic mass is 10.2. The number of nitrogens with zero attached hydrogens (tertiary/aromatic N) is 4. The van der Waals surface area contributed by atoms with Crippen LogP contribution in [0.25, 0.3) is 22.8 Å². The SMILES string of the molecule is Cc1nn(C)c(-n2nc(Cl)c3ccccc32)c1/C=C/C(=O)O. The fraction of sp³-hybridized carbons (Fsp3) is 0.133. The van der Waals surface area contributed by atoms with E-state index in [-0.39, 0.29) is 0 Å². The lowest BCUT2D eigenvalue weighted by molar-refractivity contribution is -0.131. The molecule has 2 heterocycles. The molecule has 1 aromatic carbocycles. The standard InChI is InChI=1S/C15H13ClN4O2/c1-9-10(7-8-13(21)22)15(19(2)17-9)20-12-6-4-3-5-11(12)14(16)18-20/h3-8H,1-2H3,(H,21,22)/b8-7+. The Morgan fingerprint density at radius 3 is 2.77 bits per heavy atom. The number of rotatable bonds is 3. The van der Waals surface area contributed by atoms with E-state index in [0.717, 1.165) is 17.0 Å². The Morgan fingerprint density at radius 1 is 1.32 bits per heavy atom. The average Bonchev–Trinajstić information content (AvgIpc) is 2.94. The molecule has 1 N–H and O–H groups in total. The second-order valence-corrected chi connectivity index (χ2v) is 5.20. The molecule has 22 heavy (non-hydrogen) atoms. The molecule has 0 radical (unpaired) electrons. The molecule has 0 aliphatic heterocycles. The number of fused-ring (bicyclic) bond motifs is 1. The molecule has 0 aliphatic rings. The third kappa shape index (κ3) is 2.27. The highest BCUT2D eigenvalue weighted by Crippen LogP contribution is 2.28. The number of hydrogen-bond donors (Lipinski definition) is 1. The van der Waals surface area contributed by atoms with Crippen molar-refractivity contribution in [2.75, 3.05) is 0 Å². The van der Waals surface area contributed by atoms with Crippen LogP contribution in [0, 0.1) is 6.92 Å². The minimum atomic E-state index is -1.02. The van der Waals surface area contributed by atoms with E-state index in [2.05, 4.69) is 10.2 Å². The van der Waals surface area contributed by atoms with Crippen molar-refractivity contribution in [1.29, 1.82) is 0 Å². The first-order valence-electron chi connectivity index (χ1n) is 6.57.